The summed E-state index contributed by atoms with van der Waals surface area (Å²) in [5, 5.41) is 0. The fourth-order valence-electron chi connectivity index (χ4n) is 1.64. The number of rotatable bonds is 3. The molecule has 4 heteroatoms. The van der Waals surface area contributed by atoms with E-state index < -0.39 is 12.5 Å². The Hall–Kier alpha value is -0.220. The molecule has 0 unspecified atom stereocenters. The van der Waals surface area contributed by atoms with Crippen molar-refractivity contribution in [1.29, 1.82) is 0 Å². The second kappa shape index (κ2) is 3.74. The summed E-state index contributed by atoms with van der Waals surface area (Å²) in [4.78, 5) is 1.78. The van der Waals surface area contributed by atoms with E-state index >= 15 is 0 Å². The van der Waals surface area contributed by atoms with Crippen LogP contribution in [0.2, 0.25) is 0 Å². The molecule has 1 heterocycles. The monoisotopic (exact) mass is 206 g/mol. The zero-order chi connectivity index (χ0) is 11.0. The van der Waals surface area contributed by atoms with Gasteiger partial charge in [0.15, 0.2) is 0 Å². The van der Waals surface area contributed by atoms with Gasteiger partial charge in [-0.25, -0.2) is 8.78 Å². The summed E-state index contributed by atoms with van der Waals surface area (Å²) in [6, 6.07) is 0. The molecule has 0 aliphatic carbocycles. The Kier molecular flexibility index (Phi) is 3.17. The highest BCUT2D eigenvalue weighted by Crippen LogP contribution is 2.34. The first-order valence-electron chi connectivity index (χ1n) is 5.05. The van der Waals surface area contributed by atoms with Crippen molar-refractivity contribution in [2.45, 2.75) is 26.7 Å². The summed E-state index contributed by atoms with van der Waals surface area (Å²) in [5.41, 5.74) is 5.21. The van der Waals surface area contributed by atoms with Crippen LogP contribution in [0.15, 0.2) is 0 Å². The fraction of sp³-hybridized carbons (Fsp3) is 1.00. The van der Waals surface area contributed by atoms with Crippen molar-refractivity contribution in [3.8, 4) is 0 Å². The lowest BCUT2D eigenvalue weighted by Crippen LogP contribution is -2.56. The third-order valence-electron chi connectivity index (χ3n) is 2.94. The third-order valence-corrected chi connectivity index (χ3v) is 2.94. The van der Waals surface area contributed by atoms with Gasteiger partial charge in [-0.1, -0.05) is 20.8 Å². The molecule has 1 aliphatic heterocycles. The van der Waals surface area contributed by atoms with Crippen LogP contribution in [0.5, 0.6) is 0 Å². The van der Waals surface area contributed by atoms with Gasteiger partial charge in [0.2, 0.25) is 0 Å². The van der Waals surface area contributed by atoms with E-state index in [-0.39, 0.29) is 12.0 Å². The van der Waals surface area contributed by atoms with E-state index in [4.69, 9.17) is 5.73 Å². The molecule has 14 heavy (non-hydrogen) atoms. The molecule has 0 amide bonds. The molecule has 0 aromatic rings. The number of nitrogens with zero attached hydrogens (tertiary/aromatic N) is 1. The number of likely N-dealkylation sites (tertiary alicyclic amines) is 1. The molecule has 84 valence electrons. The number of halogens is 2. The molecule has 1 saturated heterocycles. The van der Waals surface area contributed by atoms with E-state index in [0.717, 1.165) is 13.1 Å². The normalized spacial score (nSPS) is 21.0. The zero-order valence-corrected chi connectivity index (χ0v) is 9.19. The molecule has 1 rings (SSSR count). The van der Waals surface area contributed by atoms with E-state index in [1.807, 2.05) is 0 Å². The van der Waals surface area contributed by atoms with Gasteiger partial charge < -0.3 is 5.73 Å². The predicted molar refractivity (Wildman–Crippen MR) is 53.4 cm³/mol. The second-order valence-electron chi connectivity index (χ2n) is 5.32. The quantitative estimate of drug-likeness (QED) is 0.759. The van der Waals surface area contributed by atoms with E-state index in [1.165, 1.54) is 0 Å². The van der Waals surface area contributed by atoms with Gasteiger partial charge >= 0.3 is 0 Å². The van der Waals surface area contributed by atoms with Crippen LogP contribution in [-0.4, -0.2) is 37.0 Å². The van der Waals surface area contributed by atoms with Crippen LogP contribution in [0.25, 0.3) is 0 Å². The lowest BCUT2D eigenvalue weighted by atomic mass is 9.76. The smallest absolute Gasteiger partial charge is 0.272 e. The maximum Gasteiger partial charge on any atom is 0.272 e. The molecule has 0 aromatic carbocycles. The second-order valence-corrected chi connectivity index (χ2v) is 5.32. The molecule has 2 nitrogen and oxygen atoms in total. The van der Waals surface area contributed by atoms with Crippen LogP contribution in [-0.2, 0) is 0 Å². The zero-order valence-electron chi connectivity index (χ0n) is 9.19. The summed E-state index contributed by atoms with van der Waals surface area (Å²) in [7, 11) is 0. The lowest BCUT2D eigenvalue weighted by molar-refractivity contribution is -0.0706. The standard InChI is InChI=1S/C10H20F2N2/c1-9(2,3)8-4-14(5-8)7-10(11,12)6-13/h8H,4-7,13H2,1-3H3. The van der Waals surface area contributed by atoms with E-state index in [1.54, 1.807) is 4.90 Å². The Balaban J connectivity index is 2.29. The fourth-order valence-corrected chi connectivity index (χ4v) is 1.64. The minimum Gasteiger partial charge on any atom is -0.325 e. The summed E-state index contributed by atoms with van der Waals surface area (Å²) in [5.74, 6) is -2.18. The van der Waals surface area contributed by atoms with Crippen molar-refractivity contribution in [2.75, 3.05) is 26.2 Å². The average Bonchev–Trinajstić information content (AvgIpc) is 1.94. The third kappa shape index (κ3) is 2.89. The van der Waals surface area contributed by atoms with Crippen LogP contribution in [0, 0.1) is 11.3 Å². The van der Waals surface area contributed by atoms with Gasteiger partial charge in [-0.3, -0.25) is 4.90 Å². The largest absolute Gasteiger partial charge is 0.325 e. The Labute approximate surface area is 84.4 Å². The summed E-state index contributed by atoms with van der Waals surface area (Å²) < 4.78 is 25.8. The van der Waals surface area contributed by atoms with Gasteiger partial charge in [0.25, 0.3) is 5.92 Å². The topological polar surface area (TPSA) is 29.3 Å². The number of hydrogen-bond acceptors (Lipinski definition) is 2. The maximum absolute atomic E-state index is 12.9. The van der Waals surface area contributed by atoms with Crippen molar-refractivity contribution in [1.82, 2.24) is 4.90 Å². The molecule has 1 fully saturated rings. The van der Waals surface area contributed by atoms with Crippen LogP contribution in [0.4, 0.5) is 8.78 Å². The molecule has 0 radical (unpaired) electrons. The highest BCUT2D eigenvalue weighted by atomic mass is 19.3. The number of alkyl halides is 2. The van der Waals surface area contributed by atoms with Crippen LogP contribution in [0.1, 0.15) is 20.8 Å². The van der Waals surface area contributed by atoms with Crippen LogP contribution in [0.3, 0.4) is 0 Å². The van der Waals surface area contributed by atoms with E-state index in [2.05, 4.69) is 20.8 Å². The first-order chi connectivity index (χ1) is 6.24. The van der Waals surface area contributed by atoms with Crippen molar-refractivity contribution in [3.63, 3.8) is 0 Å². The molecule has 0 saturated carbocycles. The minimum absolute atomic E-state index is 0.184. The molecular formula is C10H20F2N2. The highest BCUT2D eigenvalue weighted by Gasteiger charge is 2.40. The summed E-state index contributed by atoms with van der Waals surface area (Å²) >= 11 is 0. The lowest BCUT2D eigenvalue weighted by Gasteiger charge is -2.47. The van der Waals surface area contributed by atoms with Crippen LogP contribution >= 0.6 is 0 Å². The molecule has 0 spiro atoms. The molecule has 1 aliphatic rings. The average molecular weight is 206 g/mol. The Morgan fingerprint density at radius 2 is 1.79 bits per heavy atom. The Morgan fingerprint density at radius 3 is 2.14 bits per heavy atom. The van der Waals surface area contributed by atoms with Gasteiger partial charge in [-0.15, -0.1) is 0 Å². The van der Waals surface area contributed by atoms with Gasteiger partial charge in [-0.05, 0) is 11.3 Å². The van der Waals surface area contributed by atoms with Crippen molar-refractivity contribution < 1.29 is 8.78 Å². The highest BCUT2D eigenvalue weighted by molar-refractivity contribution is 4.90. The minimum atomic E-state index is -2.72. The molecule has 0 aromatic heterocycles. The Bertz CT molecular complexity index is 193. The molecule has 0 atom stereocenters. The van der Waals surface area contributed by atoms with Gasteiger partial charge in [0.1, 0.15) is 0 Å². The van der Waals surface area contributed by atoms with E-state index in [9.17, 15) is 8.78 Å². The Morgan fingerprint density at radius 1 is 1.29 bits per heavy atom. The first-order valence-corrected chi connectivity index (χ1v) is 5.05. The summed E-state index contributed by atoms with van der Waals surface area (Å²) in [6.07, 6.45) is 0. The summed E-state index contributed by atoms with van der Waals surface area (Å²) in [6.45, 7) is 7.26. The maximum atomic E-state index is 12.9. The van der Waals surface area contributed by atoms with Crippen molar-refractivity contribution >= 4 is 0 Å². The molecule has 2 N–H and O–H groups in total. The molecular weight excluding hydrogens is 186 g/mol. The van der Waals surface area contributed by atoms with Crippen molar-refractivity contribution in [2.24, 2.45) is 17.1 Å². The number of nitrogens with two attached hydrogens (primary N) is 1. The first kappa shape index (κ1) is 11.9. The van der Waals surface area contributed by atoms with Crippen molar-refractivity contribution in [3.05, 3.63) is 0 Å². The van der Waals surface area contributed by atoms with Gasteiger partial charge in [0, 0.05) is 13.1 Å². The molecule has 0 bridgehead atoms. The predicted octanol–water partition coefficient (Wildman–Crippen LogP) is 1.56. The van der Waals surface area contributed by atoms with Gasteiger partial charge in [0.05, 0.1) is 13.1 Å². The SMILES string of the molecule is CC(C)(C)C1CN(CC(F)(F)CN)C1. The van der Waals surface area contributed by atoms with Crippen LogP contribution < -0.4 is 5.73 Å². The van der Waals surface area contributed by atoms with E-state index in [0.29, 0.717) is 5.92 Å². The number of hydrogen-bond donors (Lipinski definition) is 1. The van der Waals surface area contributed by atoms with Gasteiger partial charge in [-0.2, -0.15) is 0 Å².